The molecule has 0 aromatic heterocycles. The van der Waals surface area contributed by atoms with Crippen LogP contribution in [-0.4, -0.2) is 54.9 Å². The van der Waals surface area contributed by atoms with Crippen molar-refractivity contribution < 1.29 is 19.1 Å². The molecule has 3 aromatic rings. The maximum Gasteiger partial charge on any atom is 0.253 e. The zero-order valence-electron chi connectivity index (χ0n) is 18.8. The lowest BCUT2D eigenvalue weighted by atomic mass is 10.1. The van der Waals surface area contributed by atoms with Gasteiger partial charge in [0.25, 0.3) is 5.91 Å². The van der Waals surface area contributed by atoms with Crippen LogP contribution >= 0.6 is 0 Å². The number of benzene rings is 3. The number of piperazine rings is 1. The van der Waals surface area contributed by atoms with Gasteiger partial charge in [-0.25, -0.2) is 0 Å². The SMILES string of the molecule is COc1cccc(CC(=O)N2CCN(C(=O)c3ccc(COc4ccccc4)cc3)CC2)c1. The molecule has 0 saturated carbocycles. The van der Waals surface area contributed by atoms with Crippen LogP contribution in [-0.2, 0) is 17.8 Å². The summed E-state index contributed by atoms with van der Waals surface area (Å²) in [5, 5.41) is 0. The molecule has 0 spiro atoms. The third-order valence-electron chi connectivity index (χ3n) is 5.76. The largest absolute Gasteiger partial charge is 0.497 e. The first-order valence-corrected chi connectivity index (χ1v) is 11.1. The van der Waals surface area contributed by atoms with Crippen molar-refractivity contribution in [3.8, 4) is 11.5 Å². The van der Waals surface area contributed by atoms with Crippen LogP contribution in [0.25, 0.3) is 0 Å². The van der Waals surface area contributed by atoms with Gasteiger partial charge >= 0.3 is 0 Å². The van der Waals surface area contributed by atoms with Crippen molar-refractivity contribution in [3.63, 3.8) is 0 Å². The first kappa shape index (κ1) is 22.4. The van der Waals surface area contributed by atoms with E-state index >= 15 is 0 Å². The van der Waals surface area contributed by atoms with Crippen LogP contribution in [0.3, 0.4) is 0 Å². The Labute approximate surface area is 194 Å². The fourth-order valence-electron chi connectivity index (χ4n) is 3.84. The summed E-state index contributed by atoms with van der Waals surface area (Å²) in [6.45, 7) is 2.59. The van der Waals surface area contributed by atoms with Crippen LogP contribution in [0.1, 0.15) is 21.5 Å². The molecule has 1 aliphatic heterocycles. The Balaban J connectivity index is 1.26. The van der Waals surface area contributed by atoms with Gasteiger partial charge in [0.1, 0.15) is 18.1 Å². The number of carbonyl (C=O) groups excluding carboxylic acids is 2. The van der Waals surface area contributed by atoms with Gasteiger partial charge in [0, 0.05) is 31.7 Å². The highest BCUT2D eigenvalue weighted by Crippen LogP contribution is 2.16. The van der Waals surface area contributed by atoms with Gasteiger partial charge in [0.2, 0.25) is 5.91 Å². The first-order chi connectivity index (χ1) is 16.1. The fourth-order valence-corrected chi connectivity index (χ4v) is 3.84. The van der Waals surface area contributed by atoms with E-state index in [4.69, 9.17) is 9.47 Å². The molecule has 33 heavy (non-hydrogen) atoms. The highest BCUT2D eigenvalue weighted by atomic mass is 16.5. The number of hydrogen-bond donors (Lipinski definition) is 0. The molecule has 1 fully saturated rings. The lowest BCUT2D eigenvalue weighted by molar-refractivity contribution is -0.131. The normalized spacial score (nSPS) is 13.5. The molecular formula is C27H28N2O4. The lowest BCUT2D eigenvalue weighted by Crippen LogP contribution is -2.51. The molecule has 1 saturated heterocycles. The number of nitrogens with zero attached hydrogens (tertiary/aromatic N) is 2. The van der Waals surface area contributed by atoms with Crippen LogP contribution in [0.2, 0.25) is 0 Å². The van der Waals surface area contributed by atoms with Crippen molar-refractivity contribution in [2.24, 2.45) is 0 Å². The second-order valence-corrected chi connectivity index (χ2v) is 8.00. The minimum Gasteiger partial charge on any atom is -0.497 e. The summed E-state index contributed by atoms with van der Waals surface area (Å²) in [4.78, 5) is 29.2. The van der Waals surface area contributed by atoms with Gasteiger partial charge in [-0.3, -0.25) is 9.59 Å². The van der Waals surface area contributed by atoms with E-state index in [-0.39, 0.29) is 11.8 Å². The topological polar surface area (TPSA) is 59.1 Å². The number of hydrogen-bond acceptors (Lipinski definition) is 4. The van der Waals surface area contributed by atoms with E-state index in [1.807, 2.05) is 88.7 Å². The zero-order chi connectivity index (χ0) is 23.0. The van der Waals surface area contributed by atoms with E-state index in [0.717, 1.165) is 22.6 Å². The molecule has 0 atom stereocenters. The van der Waals surface area contributed by atoms with Crippen molar-refractivity contribution >= 4 is 11.8 Å². The zero-order valence-corrected chi connectivity index (χ0v) is 18.8. The molecule has 0 N–H and O–H groups in total. The van der Waals surface area contributed by atoms with Crippen molar-refractivity contribution in [1.29, 1.82) is 0 Å². The smallest absolute Gasteiger partial charge is 0.253 e. The van der Waals surface area contributed by atoms with Crippen molar-refractivity contribution in [3.05, 3.63) is 95.6 Å². The molecule has 0 radical (unpaired) electrons. The molecule has 4 rings (SSSR count). The Morgan fingerprint density at radius 3 is 2.12 bits per heavy atom. The Kier molecular flexibility index (Phi) is 7.25. The van der Waals surface area contributed by atoms with Gasteiger partial charge in [-0.2, -0.15) is 0 Å². The predicted octanol–water partition coefficient (Wildman–Crippen LogP) is 3.80. The van der Waals surface area contributed by atoms with Crippen molar-refractivity contribution in [1.82, 2.24) is 9.80 Å². The number of amides is 2. The predicted molar refractivity (Wildman–Crippen MR) is 126 cm³/mol. The molecule has 170 valence electrons. The van der Waals surface area contributed by atoms with Crippen molar-refractivity contribution in [2.45, 2.75) is 13.0 Å². The molecule has 6 nitrogen and oxygen atoms in total. The summed E-state index contributed by atoms with van der Waals surface area (Å²) in [6.07, 6.45) is 0.331. The molecule has 2 amide bonds. The summed E-state index contributed by atoms with van der Waals surface area (Å²) in [6, 6.07) is 24.7. The van der Waals surface area contributed by atoms with Gasteiger partial charge in [0.15, 0.2) is 0 Å². The van der Waals surface area contributed by atoms with E-state index in [1.54, 1.807) is 7.11 Å². The van der Waals surface area contributed by atoms with E-state index in [9.17, 15) is 9.59 Å². The second kappa shape index (κ2) is 10.7. The van der Waals surface area contributed by atoms with Gasteiger partial charge in [-0.15, -0.1) is 0 Å². The van der Waals surface area contributed by atoms with Gasteiger partial charge in [-0.05, 0) is 47.5 Å². The number of methoxy groups -OCH3 is 1. The van der Waals surface area contributed by atoms with Crippen LogP contribution in [0.4, 0.5) is 0 Å². The number of carbonyl (C=O) groups is 2. The quantitative estimate of drug-likeness (QED) is 0.556. The van der Waals surface area contributed by atoms with Gasteiger partial charge < -0.3 is 19.3 Å². The molecule has 1 aliphatic rings. The number of ether oxygens (including phenoxy) is 2. The van der Waals surface area contributed by atoms with Crippen LogP contribution in [0, 0.1) is 0 Å². The Hall–Kier alpha value is -3.80. The Morgan fingerprint density at radius 1 is 0.758 bits per heavy atom. The average molecular weight is 445 g/mol. The molecule has 6 heteroatoms. The maximum absolute atomic E-state index is 12.9. The second-order valence-electron chi connectivity index (χ2n) is 8.00. The summed E-state index contributed by atoms with van der Waals surface area (Å²) in [5.74, 6) is 1.62. The first-order valence-electron chi connectivity index (χ1n) is 11.1. The van der Waals surface area contributed by atoms with E-state index in [0.29, 0.717) is 44.8 Å². The third-order valence-corrected chi connectivity index (χ3v) is 5.76. The summed E-state index contributed by atoms with van der Waals surface area (Å²) >= 11 is 0. The maximum atomic E-state index is 12.9. The van der Waals surface area contributed by atoms with Crippen molar-refractivity contribution in [2.75, 3.05) is 33.3 Å². The van der Waals surface area contributed by atoms with Crippen LogP contribution in [0.5, 0.6) is 11.5 Å². The highest BCUT2D eigenvalue weighted by Gasteiger charge is 2.25. The average Bonchev–Trinajstić information content (AvgIpc) is 2.88. The van der Waals surface area contributed by atoms with Gasteiger partial charge in [0.05, 0.1) is 13.5 Å². The monoisotopic (exact) mass is 444 g/mol. The Morgan fingerprint density at radius 2 is 1.42 bits per heavy atom. The van der Waals surface area contributed by atoms with E-state index < -0.39 is 0 Å². The van der Waals surface area contributed by atoms with Crippen LogP contribution in [0.15, 0.2) is 78.9 Å². The van der Waals surface area contributed by atoms with E-state index in [1.165, 1.54) is 0 Å². The Bertz CT molecular complexity index is 1070. The molecule has 0 aliphatic carbocycles. The molecular weight excluding hydrogens is 416 g/mol. The highest BCUT2D eigenvalue weighted by molar-refractivity contribution is 5.94. The van der Waals surface area contributed by atoms with Crippen LogP contribution < -0.4 is 9.47 Å². The third kappa shape index (κ3) is 5.92. The molecule has 0 unspecified atom stereocenters. The van der Waals surface area contributed by atoms with Gasteiger partial charge in [-0.1, -0.05) is 42.5 Å². The standard InChI is InChI=1S/C27H28N2O4/c1-32-25-9-5-6-22(18-25)19-26(30)28-14-16-29(17-15-28)27(31)23-12-10-21(11-13-23)20-33-24-7-3-2-4-8-24/h2-13,18H,14-17,19-20H2,1H3. The minimum absolute atomic E-state index is 0.00887. The molecule has 1 heterocycles. The minimum atomic E-state index is -0.00887. The lowest BCUT2D eigenvalue weighted by Gasteiger charge is -2.35. The summed E-state index contributed by atoms with van der Waals surface area (Å²) in [7, 11) is 1.61. The fraction of sp³-hybridized carbons (Fsp3) is 0.259. The molecule has 0 bridgehead atoms. The summed E-state index contributed by atoms with van der Waals surface area (Å²) in [5.41, 5.74) is 2.58. The number of para-hydroxylation sites is 1. The van der Waals surface area contributed by atoms with E-state index in [2.05, 4.69) is 0 Å². The summed E-state index contributed by atoms with van der Waals surface area (Å²) < 4.78 is 11.0. The molecule has 3 aromatic carbocycles. The number of rotatable bonds is 7.